The second-order valence-corrected chi connectivity index (χ2v) is 8.51. The molecular formula is C21H17N3O4S2. The van der Waals surface area contributed by atoms with Crippen LogP contribution in [0, 0.1) is 21.4 Å². The molecule has 1 N–H and O–H groups in total. The minimum Gasteiger partial charge on any atom is -0.353 e. The highest BCUT2D eigenvalue weighted by Gasteiger charge is 2.33. The molecule has 1 atom stereocenters. The lowest BCUT2D eigenvalue weighted by Gasteiger charge is -2.28. The maximum Gasteiger partial charge on any atom is 0.270 e. The van der Waals surface area contributed by atoms with Crippen LogP contribution in [0.15, 0.2) is 63.7 Å². The van der Waals surface area contributed by atoms with Crippen LogP contribution in [0.3, 0.4) is 0 Å². The maximum absolute atomic E-state index is 12.6. The highest BCUT2D eigenvalue weighted by molar-refractivity contribution is 8.03. The average Bonchev–Trinajstić information content (AvgIpc) is 3.25. The fraction of sp³-hybridized carbons (Fsp3) is 0.190. The molecule has 0 fully saturated rings. The number of Topliss-reactive ketones (excluding diaryl/α,β-unsaturated/α-hetero) is 2. The number of nitro benzene ring substituents is 1. The van der Waals surface area contributed by atoms with Crippen molar-refractivity contribution in [1.82, 2.24) is 5.32 Å². The number of allylic oxidation sites excluding steroid dienone is 3. The van der Waals surface area contributed by atoms with Gasteiger partial charge in [0.15, 0.2) is 11.6 Å². The van der Waals surface area contributed by atoms with Crippen LogP contribution in [0.2, 0.25) is 0 Å². The number of thioether (sulfide) groups is 1. The summed E-state index contributed by atoms with van der Waals surface area (Å²) in [6.07, 6.45) is 0. The van der Waals surface area contributed by atoms with Crippen LogP contribution in [0.25, 0.3) is 0 Å². The zero-order chi connectivity index (χ0) is 21.8. The third-order valence-corrected chi connectivity index (χ3v) is 6.54. The molecule has 0 unspecified atom stereocenters. The third-order valence-electron chi connectivity index (χ3n) is 4.58. The molecular weight excluding hydrogens is 422 g/mol. The van der Waals surface area contributed by atoms with Gasteiger partial charge < -0.3 is 5.32 Å². The van der Waals surface area contributed by atoms with Gasteiger partial charge in [-0.05, 0) is 25.3 Å². The number of carbonyl (C=O) groups excluding carboxylic acids is 2. The molecule has 1 aliphatic rings. The lowest BCUT2D eigenvalue weighted by Crippen LogP contribution is -2.27. The van der Waals surface area contributed by atoms with Crippen molar-refractivity contribution >= 4 is 40.4 Å². The van der Waals surface area contributed by atoms with Crippen molar-refractivity contribution in [1.29, 1.82) is 5.26 Å². The number of nitrogens with one attached hydrogen (secondary N) is 1. The predicted octanol–water partition coefficient (Wildman–Crippen LogP) is 4.56. The largest absolute Gasteiger partial charge is 0.353 e. The molecule has 1 aliphatic heterocycles. The summed E-state index contributed by atoms with van der Waals surface area (Å²) >= 11 is 2.61. The van der Waals surface area contributed by atoms with Crippen molar-refractivity contribution in [3.05, 3.63) is 84.2 Å². The van der Waals surface area contributed by atoms with E-state index in [-0.39, 0.29) is 28.6 Å². The molecule has 9 heteroatoms. The van der Waals surface area contributed by atoms with E-state index in [1.165, 1.54) is 42.5 Å². The molecule has 0 aliphatic carbocycles. The number of nitro groups is 1. The van der Waals surface area contributed by atoms with Crippen molar-refractivity contribution in [2.45, 2.75) is 19.8 Å². The van der Waals surface area contributed by atoms with E-state index in [2.05, 4.69) is 11.4 Å². The molecule has 1 aromatic carbocycles. The first-order valence-corrected chi connectivity index (χ1v) is 10.8. The molecule has 7 nitrogen and oxygen atoms in total. The Morgan fingerprint density at radius 2 is 2.10 bits per heavy atom. The highest BCUT2D eigenvalue weighted by Crippen LogP contribution is 2.42. The van der Waals surface area contributed by atoms with E-state index in [4.69, 9.17) is 0 Å². The summed E-state index contributed by atoms with van der Waals surface area (Å²) in [5.74, 6) is -0.900. The topological polar surface area (TPSA) is 113 Å². The SMILES string of the molecule is CC(=O)C1=C(C)NC(SCC(=O)c2cccc([N+](=O)[O-])c2)=C(C#N)[C@@H]1c1cccs1. The Morgan fingerprint density at radius 3 is 2.70 bits per heavy atom. The Balaban J connectivity index is 1.89. The molecule has 0 saturated heterocycles. The molecule has 1 aromatic heterocycles. The minimum absolute atomic E-state index is 0.00543. The predicted molar refractivity (Wildman–Crippen MR) is 116 cm³/mol. The van der Waals surface area contributed by atoms with Crippen LogP contribution < -0.4 is 5.32 Å². The summed E-state index contributed by atoms with van der Waals surface area (Å²) in [5.41, 5.74) is 1.64. The fourth-order valence-electron chi connectivity index (χ4n) is 3.25. The van der Waals surface area contributed by atoms with Crippen molar-refractivity contribution in [2.75, 3.05) is 5.75 Å². The summed E-state index contributed by atoms with van der Waals surface area (Å²) < 4.78 is 0. The lowest BCUT2D eigenvalue weighted by atomic mass is 9.85. The number of nitrogens with zero attached hydrogens (tertiary/aromatic N) is 2. The Kier molecular flexibility index (Phi) is 6.50. The van der Waals surface area contributed by atoms with Crippen molar-refractivity contribution in [2.24, 2.45) is 0 Å². The van der Waals surface area contributed by atoms with Crippen LogP contribution >= 0.6 is 23.1 Å². The molecule has 2 aromatic rings. The first kappa shape index (κ1) is 21.5. The van der Waals surface area contributed by atoms with E-state index in [0.29, 0.717) is 21.9 Å². The number of thiophene rings is 1. The molecule has 0 radical (unpaired) electrons. The lowest BCUT2D eigenvalue weighted by molar-refractivity contribution is -0.384. The zero-order valence-electron chi connectivity index (χ0n) is 16.2. The summed E-state index contributed by atoms with van der Waals surface area (Å²) in [5, 5.41) is 26.3. The van der Waals surface area contributed by atoms with Crippen LogP contribution in [-0.4, -0.2) is 22.2 Å². The van der Waals surface area contributed by atoms with Gasteiger partial charge in [0.05, 0.1) is 33.3 Å². The Morgan fingerprint density at radius 1 is 1.33 bits per heavy atom. The van der Waals surface area contributed by atoms with Gasteiger partial charge in [0.25, 0.3) is 5.69 Å². The molecule has 30 heavy (non-hydrogen) atoms. The summed E-state index contributed by atoms with van der Waals surface area (Å²) in [6, 6.07) is 11.5. The maximum atomic E-state index is 12.6. The molecule has 0 bridgehead atoms. The van der Waals surface area contributed by atoms with E-state index < -0.39 is 10.8 Å². The average molecular weight is 440 g/mol. The van der Waals surface area contributed by atoms with Gasteiger partial charge in [-0.1, -0.05) is 30.0 Å². The minimum atomic E-state index is -0.550. The second-order valence-electron chi connectivity index (χ2n) is 6.54. The van der Waals surface area contributed by atoms with Gasteiger partial charge in [0, 0.05) is 33.8 Å². The van der Waals surface area contributed by atoms with Crippen LogP contribution in [0.5, 0.6) is 0 Å². The van der Waals surface area contributed by atoms with Gasteiger partial charge >= 0.3 is 0 Å². The molecule has 152 valence electrons. The Bertz CT molecular complexity index is 1130. The Hall–Kier alpha value is -3.22. The van der Waals surface area contributed by atoms with Crippen LogP contribution in [0.4, 0.5) is 5.69 Å². The van der Waals surface area contributed by atoms with Crippen molar-refractivity contribution < 1.29 is 14.5 Å². The van der Waals surface area contributed by atoms with Crippen LogP contribution in [0.1, 0.15) is 35.0 Å². The van der Waals surface area contributed by atoms with Gasteiger partial charge in [0.1, 0.15) is 0 Å². The fourth-order valence-corrected chi connectivity index (χ4v) is 5.08. The molecule has 0 spiro atoms. The van der Waals surface area contributed by atoms with Gasteiger partial charge in [-0.3, -0.25) is 19.7 Å². The van der Waals surface area contributed by atoms with E-state index in [0.717, 1.165) is 16.6 Å². The first-order valence-electron chi connectivity index (χ1n) is 8.90. The van der Waals surface area contributed by atoms with Crippen molar-refractivity contribution in [3.63, 3.8) is 0 Å². The normalized spacial score (nSPS) is 16.1. The van der Waals surface area contributed by atoms with E-state index in [1.807, 2.05) is 17.5 Å². The quantitative estimate of drug-likeness (QED) is 0.382. The number of carbonyl (C=O) groups is 2. The summed E-state index contributed by atoms with van der Waals surface area (Å²) in [6.45, 7) is 3.24. The highest BCUT2D eigenvalue weighted by atomic mass is 32.2. The third kappa shape index (κ3) is 4.35. The number of ketones is 2. The number of nitriles is 1. The number of non-ortho nitro benzene ring substituents is 1. The number of rotatable bonds is 7. The van der Waals surface area contributed by atoms with Gasteiger partial charge in [-0.15, -0.1) is 11.3 Å². The summed E-state index contributed by atoms with van der Waals surface area (Å²) in [7, 11) is 0. The first-order chi connectivity index (χ1) is 14.3. The molecule has 2 heterocycles. The summed E-state index contributed by atoms with van der Waals surface area (Å²) in [4.78, 5) is 36.1. The zero-order valence-corrected chi connectivity index (χ0v) is 17.8. The van der Waals surface area contributed by atoms with Gasteiger partial charge in [-0.2, -0.15) is 5.26 Å². The smallest absolute Gasteiger partial charge is 0.270 e. The number of hydrogen-bond donors (Lipinski definition) is 1. The van der Waals surface area contributed by atoms with Gasteiger partial charge in [-0.25, -0.2) is 0 Å². The van der Waals surface area contributed by atoms with Crippen LogP contribution in [-0.2, 0) is 4.79 Å². The number of hydrogen-bond acceptors (Lipinski definition) is 8. The molecule has 0 saturated carbocycles. The number of dihydropyridines is 1. The second kappa shape index (κ2) is 9.07. The molecule has 3 rings (SSSR count). The Labute approximate surface area is 181 Å². The standard InChI is InChI=1S/C21H17N3O4S2/c1-12-19(13(2)25)20(18-7-4-8-29-18)16(10-22)21(23-12)30-11-17(26)14-5-3-6-15(9-14)24(27)28/h3-9,20,23H,11H2,1-2H3/t20-/m1/s1. The van der Waals surface area contributed by atoms with E-state index in [1.54, 1.807) is 6.92 Å². The van der Waals surface area contributed by atoms with E-state index in [9.17, 15) is 25.0 Å². The monoisotopic (exact) mass is 439 g/mol. The number of benzene rings is 1. The molecule has 0 amide bonds. The van der Waals surface area contributed by atoms with Gasteiger partial charge in [0.2, 0.25) is 0 Å². The van der Waals surface area contributed by atoms with E-state index >= 15 is 0 Å². The van der Waals surface area contributed by atoms with Crippen molar-refractivity contribution in [3.8, 4) is 6.07 Å².